The van der Waals surface area contributed by atoms with Crippen LogP contribution < -0.4 is 5.73 Å². The fourth-order valence-corrected chi connectivity index (χ4v) is 2.15. The average Bonchev–Trinajstić information content (AvgIpc) is 2.37. The summed E-state index contributed by atoms with van der Waals surface area (Å²) in [6.45, 7) is 4.88. The largest absolute Gasteiger partial charge is 0.370 e. The second kappa shape index (κ2) is 5.66. The zero-order valence-electron chi connectivity index (χ0n) is 10.3. The molecule has 4 heteroatoms. The lowest BCUT2D eigenvalue weighted by Crippen LogP contribution is -2.43. The van der Waals surface area contributed by atoms with Crippen LogP contribution in [-0.4, -0.2) is 28.9 Å². The number of guanidine groups is 1. The minimum atomic E-state index is 0.567. The maximum absolute atomic E-state index is 6.01. The molecular weight excluding hydrogens is 212 g/mol. The normalized spacial score (nSPS) is 21.6. The minimum absolute atomic E-state index is 0.567. The minimum Gasteiger partial charge on any atom is -0.370 e. The molecule has 1 aromatic heterocycles. The molecule has 1 atom stereocenters. The predicted octanol–water partition coefficient (Wildman–Crippen LogP) is 1.63. The van der Waals surface area contributed by atoms with Crippen molar-refractivity contribution < 1.29 is 0 Å². The Balaban J connectivity index is 1.92. The summed E-state index contributed by atoms with van der Waals surface area (Å²) in [7, 11) is 0. The van der Waals surface area contributed by atoms with Crippen molar-refractivity contribution in [3.63, 3.8) is 0 Å². The van der Waals surface area contributed by atoms with E-state index in [-0.39, 0.29) is 0 Å². The summed E-state index contributed by atoms with van der Waals surface area (Å²) >= 11 is 0. The van der Waals surface area contributed by atoms with Gasteiger partial charge < -0.3 is 10.6 Å². The Morgan fingerprint density at radius 3 is 3.18 bits per heavy atom. The first-order chi connectivity index (χ1) is 8.25. The molecule has 4 nitrogen and oxygen atoms in total. The van der Waals surface area contributed by atoms with E-state index < -0.39 is 0 Å². The van der Waals surface area contributed by atoms with Gasteiger partial charge in [0.05, 0.1) is 12.2 Å². The summed E-state index contributed by atoms with van der Waals surface area (Å²) in [6, 6.07) is 5.84. The Morgan fingerprint density at radius 1 is 1.59 bits per heavy atom. The number of rotatable bonds is 2. The molecule has 0 bridgehead atoms. The van der Waals surface area contributed by atoms with E-state index in [0.29, 0.717) is 18.4 Å². The molecular formula is C13H20N4. The molecule has 2 heterocycles. The van der Waals surface area contributed by atoms with Crippen molar-refractivity contribution in [1.29, 1.82) is 0 Å². The molecule has 0 aliphatic carbocycles. The van der Waals surface area contributed by atoms with E-state index in [1.54, 1.807) is 6.20 Å². The molecule has 92 valence electrons. The van der Waals surface area contributed by atoms with Crippen molar-refractivity contribution in [3.05, 3.63) is 30.1 Å². The SMILES string of the molecule is CC1CCCN(C(N)=NCc2ccccn2)C1. The Labute approximate surface area is 103 Å². The van der Waals surface area contributed by atoms with Gasteiger partial charge in [-0.3, -0.25) is 4.98 Å². The molecule has 0 amide bonds. The fourth-order valence-electron chi connectivity index (χ4n) is 2.15. The van der Waals surface area contributed by atoms with E-state index in [2.05, 4.69) is 21.8 Å². The van der Waals surface area contributed by atoms with Crippen LogP contribution in [0.25, 0.3) is 0 Å². The number of nitrogens with two attached hydrogens (primary N) is 1. The van der Waals surface area contributed by atoms with Gasteiger partial charge in [0.25, 0.3) is 0 Å². The van der Waals surface area contributed by atoms with Gasteiger partial charge in [-0.05, 0) is 30.9 Å². The van der Waals surface area contributed by atoms with Gasteiger partial charge in [-0.1, -0.05) is 13.0 Å². The van der Waals surface area contributed by atoms with E-state index in [1.165, 1.54) is 12.8 Å². The van der Waals surface area contributed by atoms with E-state index in [1.807, 2.05) is 18.2 Å². The number of likely N-dealkylation sites (tertiary alicyclic amines) is 1. The summed E-state index contributed by atoms with van der Waals surface area (Å²) in [4.78, 5) is 10.8. The smallest absolute Gasteiger partial charge is 0.191 e. The molecule has 1 saturated heterocycles. The van der Waals surface area contributed by atoms with Crippen LogP contribution in [0.5, 0.6) is 0 Å². The second-order valence-electron chi connectivity index (χ2n) is 4.69. The van der Waals surface area contributed by atoms with Crippen LogP contribution in [0.3, 0.4) is 0 Å². The maximum atomic E-state index is 6.01. The van der Waals surface area contributed by atoms with Crippen molar-refractivity contribution in [3.8, 4) is 0 Å². The summed E-state index contributed by atoms with van der Waals surface area (Å²) in [5.74, 6) is 1.37. The molecule has 1 fully saturated rings. The van der Waals surface area contributed by atoms with Crippen LogP contribution >= 0.6 is 0 Å². The maximum Gasteiger partial charge on any atom is 0.191 e. The highest BCUT2D eigenvalue weighted by Gasteiger charge is 2.17. The number of nitrogens with zero attached hydrogens (tertiary/aromatic N) is 3. The third-order valence-electron chi connectivity index (χ3n) is 3.11. The Hall–Kier alpha value is -1.58. The molecule has 2 N–H and O–H groups in total. The number of pyridine rings is 1. The van der Waals surface area contributed by atoms with Gasteiger partial charge in [0.15, 0.2) is 5.96 Å². The molecule has 1 aliphatic heterocycles. The average molecular weight is 232 g/mol. The lowest BCUT2D eigenvalue weighted by atomic mass is 10.0. The summed E-state index contributed by atoms with van der Waals surface area (Å²) < 4.78 is 0. The first kappa shape index (κ1) is 11.9. The van der Waals surface area contributed by atoms with E-state index in [9.17, 15) is 0 Å². The van der Waals surface area contributed by atoms with Gasteiger partial charge in [0, 0.05) is 19.3 Å². The van der Waals surface area contributed by atoms with E-state index in [4.69, 9.17) is 5.73 Å². The standard InChI is InChI=1S/C13H20N4/c1-11-5-4-8-17(10-11)13(14)16-9-12-6-2-3-7-15-12/h2-3,6-7,11H,4-5,8-10H2,1H3,(H2,14,16). The molecule has 1 aliphatic rings. The van der Waals surface area contributed by atoms with Gasteiger partial charge in [-0.2, -0.15) is 0 Å². The van der Waals surface area contributed by atoms with Crippen LogP contribution in [-0.2, 0) is 6.54 Å². The van der Waals surface area contributed by atoms with E-state index >= 15 is 0 Å². The number of hydrogen-bond acceptors (Lipinski definition) is 2. The quantitative estimate of drug-likeness (QED) is 0.623. The number of piperidine rings is 1. The Bertz CT molecular complexity index is 374. The topological polar surface area (TPSA) is 54.5 Å². The molecule has 0 radical (unpaired) electrons. The van der Waals surface area contributed by atoms with Crippen molar-refractivity contribution in [1.82, 2.24) is 9.88 Å². The third kappa shape index (κ3) is 3.44. The zero-order chi connectivity index (χ0) is 12.1. The van der Waals surface area contributed by atoms with Gasteiger partial charge in [0.2, 0.25) is 0 Å². The molecule has 0 spiro atoms. The first-order valence-electron chi connectivity index (χ1n) is 6.20. The lowest BCUT2D eigenvalue weighted by molar-refractivity contribution is 0.270. The molecule has 0 aromatic carbocycles. The molecule has 0 saturated carbocycles. The van der Waals surface area contributed by atoms with Gasteiger partial charge in [-0.25, -0.2) is 4.99 Å². The molecule has 2 rings (SSSR count). The highest BCUT2D eigenvalue weighted by Crippen LogP contribution is 2.14. The highest BCUT2D eigenvalue weighted by atomic mass is 15.3. The lowest BCUT2D eigenvalue weighted by Gasteiger charge is -2.31. The fraction of sp³-hybridized carbons (Fsp3) is 0.538. The van der Waals surface area contributed by atoms with Crippen LogP contribution in [0.1, 0.15) is 25.5 Å². The van der Waals surface area contributed by atoms with Gasteiger partial charge in [0.1, 0.15) is 0 Å². The first-order valence-corrected chi connectivity index (χ1v) is 6.20. The molecule has 1 unspecified atom stereocenters. The predicted molar refractivity (Wildman–Crippen MR) is 69.5 cm³/mol. The summed E-state index contributed by atoms with van der Waals surface area (Å²) in [5, 5.41) is 0. The van der Waals surface area contributed by atoms with Crippen molar-refractivity contribution in [2.75, 3.05) is 13.1 Å². The number of hydrogen-bond donors (Lipinski definition) is 1. The monoisotopic (exact) mass is 232 g/mol. The number of aromatic nitrogens is 1. The van der Waals surface area contributed by atoms with Crippen LogP contribution in [0, 0.1) is 5.92 Å². The highest BCUT2D eigenvalue weighted by molar-refractivity contribution is 5.78. The molecule has 1 aromatic rings. The van der Waals surface area contributed by atoms with Crippen molar-refractivity contribution in [2.24, 2.45) is 16.6 Å². The van der Waals surface area contributed by atoms with Crippen molar-refractivity contribution >= 4 is 5.96 Å². The summed E-state index contributed by atoms with van der Waals surface area (Å²) in [6.07, 6.45) is 4.29. The van der Waals surface area contributed by atoms with Crippen molar-refractivity contribution in [2.45, 2.75) is 26.3 Å². The Morgan fingerprint density at radius 2 is 2.47 bits per heavy atom. The number of aliphatic imine (C=N–C) groups is 1. The van der Waals surface area contributed by atoms with E-state index in [0.717, 1.165) is 18.8 Å². The van der Waals surface area contributed by atoms with Crippen LogP contribution in [0.4, 0.5) is 0 Å². The Kier molecular flexibility index (Phi) is 3.96. The van der Waals surface area contributed by atoms with Crippen LogP contribution in [0.2, 0.25) is 0 Å². The van der Waals surface area contributed by atoms with Gasteiger partial charge >= 0.3 is 0 Å². The summed E-state index contributed by atoms with van der Waals surface area (Å²) in [5.41, 5.74) is 6.97. The van der Waals surface area contributed by atoms with Gasteiger partial charge in [-0.15, -0.1) is 0 Å². The third-order valence-corrected chi connectivity index (χ3v) is 3.11. The molecule has 17 heavy (non-hydrogen) atoms. The van der Waals surface area contributed by atoms with Crippen LogP contribution in [0.15, 0.2) is 29.4 Å². The zero-order valence-corrected chi connectivity index (χ0v) is 10.3. The second-order valence-corrected chi connectivity index (χ2v) is 4.69.